The van der Waals surface area contributed by atoms with Crippen molar-refractivity contribution >= 4 is 18.1 Å². The number of amides is 2. The van der Waals surface area contributed by atoms with Crippen LogP contribution in [0, 0.1) is 0 Å². The van der Waals surface area contributed by atoms with Gasteiger partial charge >= 0.3 is 6.09 Å². The van der Waals surface area contributed by atoms with Gasteiger partial charge in [0.1, 0.15) is 0 Å². The zero-order chi connectivity index (χ0) is 15.0. The Labute approximate surface area is 116 Å². The number of nitrogens with one attached hydrogen (secondary N) is 2. The molecule has 0 radical (unpaired) electrons. The molecule has 0 aliphatic heterocycles. The highest BCUT2D eigenvalue weighted by atomic mass is 16.5. The van der Waals surface area contributed by atoms with Crippen LogP contribution in [0.4, 0.5) is 4.79 Å². The highest BCUT2D eigenvalue weighted by molar-refractivity contribution is 5.92. The van der Waals surface area contributed by atoms with Gasteiger partial charge in [0.25, 0.3) is 5.91 Å². The van der Waals surface area contributed by atoms with Gasteiger partial charge in [0, 0.05) is 6.08 Å². The Hall–Kier alpha value is -2.70. The van der Waals surface area contributed by atoms with E-state index in [2.05, 4.69) is 15.6 Å². The van der Waals surface area contributed by atoms with Crippen LogP contribution in [0.1, 0.15) is 5.56 Å². The van der Waals surface area contributed by atoms with Gasteiger partial charge in [-0.2, -0.15) is 0 Å². The molecule has 0 bridgehead atoms. The van der Waals surface area contributed by atoms with E-state index in [0.29, 0.717) is 11.5 Å². The van der Waals surface area contributed by atoms with Gasteiger partial charge in [-0.1, -0.05) is 6.07 Å². The van der Waals surface area contributed by atoms with Crippen LogP contribution in [0.5, 0.6) is 11.5 Å². The number of ether oxygens (including phenoxy) is 3. The smallest absolute Gasteiger partial charge is 0.425 e. The summed E-state index contributed by atoms with van der Waals surface area (Å²) in [6.07, 6.45) is 2.07. The van der Waals surface area contributed by atoms with E-state index < -0.39 is 12.0 Å². The van der Waals surface area contributed by atoms with E-state index in [9.17, 15) is 9.59 Å². The first-order chi connectivity index (χ1) is 9.60. The molecule has 108 valence electrons. The van der Waals surface area contributed by atoms with Gasteiger partial charge in [0.15, 0.2) is 11.5 Å². The van der Waals surface area contributed by atoms with E-state index in [0.717, 1.165) is 5.56 Å². The van der Waals surface area contributed by atoms with Crippen molar-refractivity contribution in [1.29, 1.82) is 0 Å². The largest absolute Gasteiger partial charge is 0.493 e. The summed E-state index contributed by atoms with van der Waals surface area (Å²) < 4.78 is 14.5. The minimum Gasteiger partial charge on any atom is -0.493 e. The Kier molecular flexibility index (Phi) is 5.89. The minimum atomic E-state index is -0.752. The molecule has 20 heavy (non-hydrogen) atoms. The Morgan fingerprint density at radius 3 is 2.35 bits per heavy atom. The fourth-order valence-corrected chi connectivity index (χ4v) is 1.33. The second-order valence-corrected chi connectivity index (χ2v) is 3.55. The van der Waals surface area contributed by atoms with E-state index >= 15 is 0 Å². The lowest BCUT2D eigenvalue weighted by Gasteiger charge is -2.07. The first-order valence-electron chi connectivity index (χ1n) is 5.64. The molecule has 0 heterocycles. The van der Waals surface area contributed by atoms with Crippen molar-refractivity contribution in [3.05, 3.63) is 29.8 Å². The highest BCUT2D eigenvalue weighted by Crippen LogP contribution is 2.27. The molecule has 1 aromatic carbocycles. The Morgan fingerprint density at radius 1 is 1.05 bits per heavy atom. The second kappa shape index (κ2) is 7.67. The Morgan fingerprint density at radius 2 is 1.75 bits per heavy atom. The topological polar surface area (TPSA) is 85.9 Å². The molecule has 2 N–H and O–H groups in total. The average molecular weight is 280 g/mol. The molecule has 0 spiro atoms. The molecule has 0 unspecified atom stereocenters. The van der Waals surface area contributed by atoms with Crippen LogP contribution in [-0.4, -0.2) is 33.3 Å². The molecule has 2 amide bonds. The first kappa shape index (κ1) is 15.4. The summed E-state index contributed by atoms with van der Waals surface area (Å²) in [5.41, 5.74) is 4.95. The lowest BCUT2D eigenvalue weighted by Crippen LogP contribution is -2.40. The van der Waals surface area contributed by atoms with E-state index in [-0.39, 0.29) is 0 Å². The van der Waals surface area contributed by atoms with Crippen molar-refractivity contribution in [3.63, 3.8) is 0 Å². The van der Waals surface area contributed by atoms with E-state index in [1.54, 1.807) is 31.4 Å². The molecule has 0 aliphatic carbocycles. The fourth-order valence-electron chi connectivity index (χ4n) is 1.33. The predicted octanol–water partition coefficient (Wildman–Crippen LogP) is 1.10. The second-order valence-electron chi connectivity index (χ2n) is 3.55. The van der Waals surface area contributed by atoms with E-state index in [4.69, 9.17) is 9.47 Å². The quantitative estimate of drug-likeness (QED) is 0.637. The Bertz CT molecular complexity index is 513. The zero-order valence-corrected chi connectivity index (χ0v) is 11.4. The van der Waals surface area contributed by atoms with Gasteiger partial charge in [-0.3, -0.25) is 10.2 Å². The summed E-state index contributed by atoms with van der Waals surface area (Å²) >= 11 is 0. The van der Waals surface area contributed by atoms with Crippen LogP contribution >= 0.6 is 0 Å². The van der Waals surface area contributed by atoms with Crippen LogP contribution in [0.2, 0.25) is 0 Å². The number of methoxy groups -OCH3 is 3. The molecular formula is C13H16N2O5. The molecule has 1 aromatic rings. The van der Waals surface area contributed by atoms with Gasteiger partial charge in [0.2, 0.25) is 0 Å². The molecule has 0 aliphatic rings. The van der Waals surface area contributed by atoms with Gasteiger partial charge < -0.3 is 14.2 Å². The van der Waals surface area contributed by atoms with Crippen molar-refractivity contribution in [2.75, 3.05) is 21.3 Å². The van der Waals surface area contributed by atoms with Gasteiger partial charge in [-0.05, 0) is 23.8 Å². The summed E-state index contributed by atoms with van der Waals surface area (Å²) in [4.78, 5) is 22.1. The van der Waals surface area contributed by atoms with Crippen LogP contribution in [0.15, 0.2) is 24.3 Å². The molecule has 0 saturated heterocycles. The average Bonchev–Trinajstić information content (AvgIpc) is 2.49. The van der Waals surface area contributed by atoms with Crippen LogP contribution in [0.3, 0.4) is 0 Å². The number of carbonyl (C=O) groups is 2. The summed E-state index contributed by atoms with van der Waals surface area (Å²) in [6.45, 7) is 0. The normalized spacial score (nSPS) is 9.95. The van der Waals surface area contributed by atoms with Gasteiger partial charge in [-0.25, -0.2) is 10.2 Å². The number of hydrazine groups is 1. The molecule has 0 saturated carbocycles. The van der Waals surface area contributed by atoms with Gasteiger partial charge in [-0.15, -0.1) is 0 Å². The number of benzene rings is 1. The highest BCUT2D eigenvalue weighted by Gasteiger charge is 2.03. The molecule has 7 heteroatoms. The van der Waals surface area contributed by atoms with Crippen LogP contribution in [-0.2, 0) is 9.53 Å². The van der Waals surface area contributed by atoms with E-state index in [1.165, 1.54) is 20.3 Å². The van der Waals surface area contributed by atoms with Crippen molar-refractivity contribution < 1.29 is 23.8 Å². The summed E-state index contributed by atoms with van der Waals surface area (Å²) in [6, 6.07) is 5.21. The Balaban J connectivity index is 2.65. The molecule has 0 aromatic heterocycles. The summed E-state index contributed by atoms with van der Waals surface area (Å²) in [5, 5.41) is 0. The fraction of sp³-hybridized carbons (Fsp3) is 0.231. The zero-order valence-electron chi connectivity index (χ0n) is 11.4. The lowest BCUT2D eigenvalue weighted by atomic mass is 10.2. The van der Waals surface area contributed by atoms with Crippen LogP contribution < -0.4 is 20.3 Å². The maximum atomic E-state index is 11.4. The first-order valence-corrected chi connectivity index (χ1v) is 5.64. The summed E-state index contributed by atoms with van der Waals surface area (Å²) in [5.74, 6) is 0.661. The van der Waals surface area contributed by atoms with Crippen molar-refractivity contribution in [1.82, 2.24) is 10.9 Å². The van der Waals surface area contributed by atoms with Gasteiger partial charge in [0.05, 0.1) is 21.3 Å². The third-order valence-electron chi connectivity index (χ3n) is 2.31. The summed E-state index contributed by atoms with van der Waals surface area (Å²) in [7, 11) is 4.26. The molecule has 7 nitrogen and oxygen atoms in total. The van der Waals surface area contributed by atoms with Crippen LogP contribution in [0.25, 0.3) is 6.08 Å². The lowest BCUT2D eigenvalue weighted by molar-refractivity contribution is -0.117. The maximum absolute atomic E-state index is 11.4. The molecule has 0 fully saturated rings. The maximum Gasteiger partial charge on any atom is 0.425 e. The van der Waals surface area contributed by atoms with E-state index in [1.807, 2.05) is 0 Å². The number of hydrogen-bond donors (Lipinski definition) is 2. The number of hydrogen-bond acceptors (Lipinski definition) is 5. The molecular weight excluding hydrogens is 264 g/mol. The monoisotopic (exact) mass is 280 g/mol. The standard InChI is InChI=1S/C13H16N2O5/c1-18-10-6-4-9(8-11(10)19-2)5-7-12(16)14-15-13(17)20-3/h4-8H,1-3H3,(H,14,16)(H,15,17)/b7-5+. The van der Waals surface area contributed by atoms with Crippen molar-refractivity contribution in [2.24, 2.45) is 0 Å². The van der Waals surface area contributed by atoms with Crippen molar-refractivity contribution in [2.45, 2.75) is 0 Å². The SMILES string of the molecule is COC(=O)NNC(=O)/C=C/c1ccc(OC)c(OC)c1. The molecule has 0 atom stereocenters. The van der Waals surface area contributed by atoms with Crippen molar-refractivity contribution in [3.8, 4) is 11.5 Å². The predicted molar refractivity (Wildman–Crippen MR) is 72.3 cm³/mol. The number of carbonyl (C=O) groups excluding carboxylic acids is 2. The molecule has 1 rings (SSSR count). The third-order valence-corrected chi connectivity index (χ3v) is 2.31. The minimum absolute atomic E-state index is 0.495. The third kappa shape index (κ3) is 4.52. The number of rotatable bonds is 4.